The van der Waals surface area contributed by atoms with Crippen LogP contribution in [0, 0.1) is 0 Å². The smallest absolute Gasteiger partial charge is 0.408 e. The number of para-hydroxylation sites is 1. The zero-order chi connectivity index (χ0) is 11.5. The van der Waals surface area contributed by atoms with Gasteiger partial charge in [0.25, 0.3) is 0 Å². The van der Waals surface area contributed by atoms with Crippen LogP contribution >= 0.6 is 0 Å². The lowest BCUT2D eigenvalue weighted by molar-refractivity contribution is -0.116. The monoisotopic (exact) mass is 220 g/mol. The quantitative estimate of drug-likeness (QED) is 0.828. The number of oxazole rings is 1. The highest BCUT2D eigenvalue weighted by Crippen LogP contribution is 2.20. The van der Waals surface area contributed by atoms with Crippen LogP contribution in [0.15, 0.2) is 27.4 Å². The molecule has 0 saturated carbocycles. The van der Waals surface area contributed by atoms with E-state index in [0.717, 1.165) is 6.42 Å². The topological polar surface area (TPSA) is 75.1 Å². The molecule has 16 heavy (non-hydrogen) atoms. The zero-order valence-electron chi connectivity index (χ0n) is 8.87. The van der Waals surface area contributed by atoms with Crippen LogP contribution in [0.3, 0.4) is 0 Å². The number of aromatic amines is 1. The summed E-state index contributed by atoms with van der Waals surface area (Å²) in [6, 6.07) is 5.12. The van der Waals surface area contributed by atoms with Gasteiger partial charge in [0.05, 0.1) is 5.69 Å². The molecule has 5 nitrogen and oxygen atoms in total. The fraction of sp³-hybridized carbons (Fsp3) is 0.273. The maximum Gasteiger partial charge on any atom is 0.417 e. The second-order valence-corrected chi connectivity index (χ2v) is 3.49. The van der Waals surface area contributed by atoms with Gasteiger partial charge in [-0.15, -0.1) is 0 Å². The van der Waals surface area contributed by atoms with Crippen LogP contribution in [0.2, 0.25) is 0 Å². The molecular weight excluding hydrogens is 208 g/mol. The van der Waals surface area contributed by atoms with Crippen molar-refractivity contribution in [2.75, 3.05) is 5.32 Å². The summed E-state index contributed by atoms with van der Waals surface area (Å²) in [6.07, 6.45) is 1.24. The second kappa shape index (κ2) is 4.22. The van der Waals surface area contributed by atoms with E-state index in [1.165, 1.54) is 0 Å². The zero-order valence-corrected chi connectivity index (χ0v) is 8.87. The fourth-order valence-electron chi connectivity index (χ4n) is 1.52. The molecule has 1 heterocycles. The van der Waals surface area contributed by atoms with Crippen molar-refractivity contribution in [2.45, 2.75) is 19.8 Å². The van der Waals surface area contributed by atoms with E-state index in [4.69, 9.17) is 4.42 Å². The molecule has 0 atom stereocenters. The molecule has 0 aliphatic rings. The lowest BCUT2D eigenvalue weighted by atomic mass is 10.2. The Kier molecular flexibility index (Phi) is 2.76. The molecule has 2 aromatic rings. The number of hydrogen-bond donors (Lipinski definition) is 2. The summed E-state index contributed by atoms with van der Waals surface area (Å²) in [5, 5.41) is 2.73. The first-order valence-corrected chi connectivity index (χ1v) is 5.12. The lowest BCUT2D eigenvalue weighted by Gasteiger charge is -2.03. The second-order valence-electron chi connectivity index (χ2n) is 3.49. The summed E-state index contributed by atoms with van der Waals surface area (Å²) in [4.78, 5) is 25.0. The standard InChI is InChI=1S/C11H12N2O3/c1-2-4-9(14)12-7-5-3-6-8-10(7)13-11(15)16-8/h3,5-6H,2,4H2,1H3,(H,12,14)(H,13,15). The van der Waals surface area contributed by atoms with Crippen LogP contribution in [0.4, 0.5) is 5.69 Å². The minimum absolute atomic E-state index is 0.0722. The minimum atomic E-state index is -0.521. The van der Waals surface area contributed by atoms with Crippen LogP contribution in [0.1, 0.15) is 19.8 Å². The van der Waals surface area contributed by atoms with Gasteiger partial charge in [0.1, 0.15) is 5.52 Å². The molecule has 0 spiro atoms. The van der Waals surface area contributed by atoms with E-state index in [2.05, 4.69) is 10.3 Å². The summed E-state index contributed by atoms with van der Waals surface area (Å²) in [5.41, 5.74) is 1.54. The molecule has 0 fully saturated rings. The highest BCUT2D eigenvalue weighted by molar-refractivity contribution is 5.98. The molecule has 1 aromatic carbocycles. The minimum Gasteiger partial charge on any atom is -0.408 e. The van der Waals surface area contributed by atoms with Crippen molar-refractivity contribution >= 4 is 22.7 Å². The number of H-pyrrole nitrogens is 1. The maximum absolute atomic E-state index is 11.4. The Labute approximate surface area is 91.5 Å². The van der Waals surface area contributed by atoms with Crippen molar-refractivity contribution in [3.05, 3.63) is 28.7 Å². The predicted octanol–water partition coefficient (Wildman–Crippen LogP) is 1.86. The summed E-state index contributed by atoms with van der Waals surface area (Å²) in [7, 11) is 0. The Balaban J connectivity index is 2.36. The first kappa shape index (κ1) is 10.5. The van der Waals surface area contributed by atoms with Gasteiger partial charge in [0.2, 0.25) is 5.91 Å². The number of hydrogen-bond acceptors (Lipinski definition) is 3. The van der Waals surface area contributed by atoms with Crippen LogP contribution in [0.5, 0.6) is 0 Å². The Morgan fingerprint density at radius 2 is 2.31 bits per heavy atom. The number of rotatable bonds is 3. The van der Waals surface area contributed by atoms with Crippen LogP contribution in [-0.4, -0.2) is 10.9 Å². The molecule has 0 saturated heterocycles. The van der Waals surface area contributed by atoms with Crippen molar-refractivity contribution in [1.29, 1.82) is 0 Å². The number of carbonyl (C=O) groups is 1. The van der Waals surface area contributed by atoms with E-state index in [1.54, 1.807) is 18.2 Å². The Morgan fingerprint density at radius 3 is 3.06 bits per heavy atom. The Hall–Kier alpha value is -2.04. The van der Waals surface area contributed by atoms with E-state index in [9.17, 15) is 9.59 Å². The van der Waals surface area contributed by atoms with Crippen molar-refractivity contribution in [1.82, 2.24) is 4.98 Å². The molecule has 5 heteroatoms. The van der Waals surface area contributed by atoms with Gasteiger partial charge < -0.3 is 9.73 Å². The molecule has 1 amide bonds. The molecule has 1 aromatic heterocycles. The molecule has 0 aliphatic carbocycles. The van der Waals surface area contributed by atoms with Gasteiger partial charge in [0.15, 0.2) is 5.58 Å². The summed E-state index contributed by atoms with van der Waals surface area (Å²) < 4.78 is 4.89. The molecule has 0 unspecified atom stereocenters. The lowest BCUT2D eigenvalue weighted by Crippen LogP contribution is -2.11. The summed E-state index contributed by atoms with van der Waals surface area (Å²) >= 11 is 0. The fourth-order valence-corrected chi connectivity index (χ4v) is 1.52. The highest BCUT2D eigenvalue weighted by Gasteiger charge is 2.08. The SMILES string of the molecule is CCCC(=O)Nc1cccc2oc(=O)[nH]c12. The number of carbonyl (C=O) groups excluding carboxylic acids is 1. The van der Waals surface area contributed by atoms with Gasteiger partial charge in [-0.1, -0.05) is 13.0 Å². The normalized spacial score (nSPS) is 10.6. The van der Waals surface area contributed by atoms with Gasteiger partial charge in [-0.3, -0.25) is 9.78 Å². The van der Waals surface area contributed by atoms with E-state index < -0.39 is 5.76 Å². The van der Waals surface area contributed by atoms with Crippen molar-refractivity contribution in [3.8, 4) is 0 Å². The van der Waals surface area contributed by atoms with E-state index in [1.807, 2.05) is 6.92 Å². The van der Waals surface area contributed by atoms with Gasteiger partial charge in [-0.25, -0.2) is 4.79 Å². The van der Waals surface area contributed by atoms with Crippen molar-refractivity contribution in [3.63, 3.8) is 0 Å². The van der Waals surface area contributed by atoms with Crippen LogP contribution < -0.4 is 11.1 Å². The molecule has 0 radical (unpaired) electrons. The highest BCUT2D eigenvalue weighted by atomic mass is 16.4. The van der Waals surface area contributed by atoms with Crippen molar-refractivity contribution in [2.24, 2.45) is 0 Å². The molecule has 0 bridgehead atoms. The van der Waals surface area contributed by atoms with E-state index in [0.29, 0.717) is 23.2 Å². The van der Waals surface area contributed by atoms with E-state index >= 15 is 0 Å². The van der Waals surface area contributed by atoms with Crippen molar-refractivity contribution < 1.29 is 9.21 Å². The Bertz CT molecular complexity index is 568. The largest absolute Gasteiger partial charge is 0.417 e. The van der Waals surface area contributed by atoms with Gasteiger partial charge in [-0.05, 0) is 18.6 Å². The third-order valence-electron chi connectivity index (χ3n) is 2.21. The molecule has 84 valence electrons. The van der Waals surface area contributed by atoms with Crippen LogP contribution in [-0.2, 0) is 4.79 Å². The molecule has 2 rings (SSSR count). The molecule has 0 aliphatic heterocycles. The number of fused-ring (bicyclic) bond motifs is 1. The molecular formula is C11H12N2O3. The average molecular weight is 220 g/mol. The van der Waals surface area contributed by atoms with E-state index in [-0.39, 0.29) is 5.91 Å². The predicted molar refractivity (Wildman–Crippen MR) is 60.4 cm³/mol. The third kappa shape index (κ3) is 1.98. The maximum atomic E-state index is 11.4. The van der Waals surface area contributed by atoms with Gasteiger partial charge in [0, 0.05) is 6.42 Å². The number of anilines is 1. The number of nitrogens with one attached hydrogen (secondary N) is 2. The molecule has 2 N–H and O–H groups in total. The van der Waals surface area contributed by atoms with Crippen LogP contribution in [0.25, 0.3) is 11.1 Å². The number of aromatic nitrogens is 1. The van der Waals surface area contributed by atoms with Gasteiger partial charge in [-0.2, -0.15) is 0 Å². The average Bonchev–Trinajstić information content (AvgIpc) is 2.60. The summed E-state index contributed by atoms with van der Waals surface area (Å²) in [6.45, 7) is 1.93. The first-order chi connectivity index (χ1) is 7.70. The Morgan fingerprint density at radius 1 is 1.50 bits per heavy atom. The number of benzene rings is 1. The summed E-state index contributed by atoms with van der Waals surface area (Å²) in [5.74, 6) is -0.593. The number of amides is 1. The van der Waals surface area contributed by atoms with Gasteiger partial charge >= 0.3 is 5.76 Å². The third-order valence-corrected chi connectivity index (χ3v) is 2.21. The first-order valence-electron chi connectivity index (χ1n) is 5.12.